The van der Waals surface area contributed by atoms with Crippen LogP contribution in [0, 0.1) is 0 Å². The quantitative estimate of drug-likeness (QED) is 0.715. The van der Waals surface area contributed by atoms with Gasteiger partial charge in [-0.15, -0.1) is 0 Å². The molecule has 0 radical (unpaired) electrons. The van der Waals surface area contributed by atoms with E-state index in [2.05, 4.69) is 10.3 Å². The van der Waals surface area contributed by atoms with Crippen molar-refractivity contribution in [2.24, 2.45) is 0 Å². The highest BCUT2D eigenvalue weighted by molar-refractivity contribution is 6.02. The van der Waals surface area contributed by atoms with Gasteiger partial charge >= 0.3 is 5.97 Å². The molecule has 1 amide bonds. The van der Waals surface area contributed by atoms with Crippen LogP contribution < -0.4 is 5.32 Å². The van der Waals surface area contributed by atoms with Crippen molar-refractivity contribution in [1.82, 2.24) is 10.3 Å². The summed E-state index contributed by atoms with van der Waals surface area (Å²) in [7, 11) is 0. The fourth-order valence-corrected chi connectivity index (χ4v) is 1.52. The number of hydrogen-bond acceptors (Lipinski definition) is 4. The maximum atomic E-state index is 11.5. The van der Waals surface area contributed by atoms with Crippen molar-refractivity contribution < 1.29 is 14.3 Å². The van der Waals surface area contributed by atoms with E-state index in [0.717, 1.165) is 0 Å². The summed E-state index contributed by atoms with van der Waals surface area (Å²) in [6, 6.07) is 1.60. The van der Waals surface area contributed by atoms with E-state index >= 15 is 0 Å². The molecule has 1 aromatic rings. The van der Waals surface area contributed by atoms with E-state index in [1.807, 2.05) is 0 Å². The van der Waals surface area contributed by atoms with Crippen LogP contribution in [0.25, 0.3) is 0 Å². The van der Waals surface area contributed by atoms with Crippen LogP contribution >= 0.6 is 0 Å². The first kappa shape index (κ1) is 9.64. The molecule has 5 nitrogen and oxygen atoms in total. The predicted octanol–water partition coefficient (Wildman–Crippen LogP) is 0.502. The van der Waals surface area contributed by atoms with Gasteiger partial charge in [0.05, 0.1) is 6.61 Å². The van der Waals surface area contributed by atoms with Crippen molar-refractivity contribution in [2.75, 3.05) is 6.61 Å². The Hall–Kier alpha value is -1.91. The number of carbonyl (C=O) groups is 2. The molecule has 0 aromatic carbocycles. The fraction of sp³-hybridized carbons (Fsp3) is 0.300. The maximum Gasteiger partial charge on any atom is 0.357 e. The standard InChI is InChI=1S/C10H10N2O3/c1-2-15-10(14)8-7-5-12-9(13)6(7)3-4-11-8/h3-4H,2,5H2,1H3,(H,12,13). The van der Waals surface area contributed by atoms with Crippen molar-refractivity contribution in [3.05, 3.63) is 29.1 Å². The maximum absolute atomic E-state index is 11.5. The van der Waals surface area contributed by atoms with Gasteiger partial charge in [-0.1, -0.05) is 0 Å². The van der Waals surface area contributed by atoms with Gasteiger partial charge < -0.3 is 10.1 Å². The van der Waals surface area contributed by atoms with Crippen molar-refractivity contribution in [2.45, 2.75) is 13.5 Å². The third-order valence-corrected chi connectivity index (χ3v) is 2.19. The molecule has 0 spiro atoms. The number of aromatic nitrogens is 1. The van der Waals surface area contributed by atoms with E-state index in [-0.39, 0.29) is 11.6 Å². The van der Waals surface area contributed by atoms with E-state index < -0.39 is 5.97 Å². The zero-order valence-electron chi connectivity index (χ0n) is 8.24. The molecule has 0 unspecified atom stereocenters. The molecule has 0 atom stereocenters. The summed E-state index contributed by atoms with van der Waals surface area (Å²) >= 11 is 0. The number of carbonyl (C=O) groups excluding carboxylic acids is 2. The number of pyridine rings is 1. The summed E-state index contributed by atoms with van der Waals surface area (Å²) in [4.78, 5) is 26.7. The SMILES string of the molecule is CCOC(=O)c1nccc2c1CNC2=O. The largest absolute Gasteiger partial charge is 0.461 e. The lowest BCUT2D eigenvalue weighted by molar-refractivity contribution is 0.0518. The van der Waals surface area contributed by atoms with E-state index in [9.17, 15) is 9.59 Å². The molecule has 1 aliphatic rings. The normalized spacial score (nSPS) is 13.3. The van der Waals surface area contributed by atoms with E-state index in [1.165, 1.54) is 6.20 Å². The Bertz CT molecular complexity index is 429. The minimum Gasteiger partial charge on any atom is -0.461 e. The van der Waals surface area contributed by atoms with Crippen molar-refractivity contribution in [3.63, 3.8) is 0 Å². The molecular weight excluding hydrogens is 196 g/mol. The first-order chi connectivity index (χ1) is 7.24. The number of nitrogens with one attached hydrogen (secondary N) is 1. The van der Waals surface area contributed by atoms with E-state index in [4.69, 9.17) is 4.74 Å². The number of fused-ring (bicyclic) bond motifs is 1. The molecule has 0 saturated heterocycles. The Morgan fingerprint density at radius 1 is 1.67 bits per heavy atom. The van der Waals surface area contributed by atoms with Crippen LogP contribution in [0.1, 0.15) is 33.3 Å². The second-order valence-corrected chi connectivity index (χ2v) is 3.09. The van der Waals surface area contributed by atoms with Crippen LogP contribution in [0.2, 0.25) is 0 Å². The second-order valence-electron chi connectivity index (χ2n) is 3.09. The summed E-state index contributed by atoms with van der Waals surface area (Å²) in [6.07, 6.45) is 1.44. The molecule has 0 fully saturated rings. The summed E-state index contributed by atoms with van der Waals surface area (Å²) in [5, 5.41) is 2.64. The Balaban J connectivity index is 2.42. The third kappa shape index (κ3) is 1.56. The molecule has 1 N–H and O–H groups in total. The highest BCUT2D eigenvalue weighted by Crippen LogP contribution is 2.18. The highest BCUT2D eigenvalue weighted by atomic mass is 16.5. The van der Waals surface area contributed by atoms with Gasteiger partial charge in [0.25, 0.3) is 5.91 Å². The fourth-order valence-electron chi connectivity index (χ4n) is 1.52. The smallest absolute Gasteiger partial charge is 0.357 e. The molecule has 78 valence electrons. The molecule has 5 heteroatoms. The molecule has 1 aromatic heterocycles. The molecule has 2 rings (SSSR count). The topological polar surface area (TPSA) is 68.3 Å². The predicted molar refractivity (Wildman–Crippen MR) is 51.4 cm³/mol. The molecule has 0 aliphatic carbocycles. The van der Waals surface area contributed by atoms with Gasteiger partial charge in [0.1, 0.15) is 0 Å². The number of ether oxygens (including phenoxy) is 1. The Morgan fingerprint density at radius 3 is 3.20 bits per heavy atom. The first-order valence-electron chi connectivity index (χ1n) is 4.67. The van der Waals surface area contributed by atoms with Crippen molar-refractivity contribution >= 4 is 11.9 Å². The van der Waals surface area contributed by atoms with Crippen LogP contribution in [-0.4, -0.2) is 23.5 Å². The van der Waals surface area contributed by atoms with E-state index in [1.54, 1.807) is 13.0 Å². The highest BCUT2D eigenvalue weighted by Gasteiger charge is 2.25. The van der Waals surface area contributed by atoms with Gasteiger partial charge in [-0.25, -0.2) is 9.78 Å². The summed E-state index contributed by atoms with van der Waals surface area (Å²) < 4.78 is 4.85. The average molecular weight is 206 g/mol. The third-order valence-electron chi connectivity index (χ3n) is 2.19. The lowest BCUT2D eigenvalue weighted by Gasteiger charge is -2.04. The number of hydrogen-bond donors (Lipinski definition) is 1. The molecule has 0 saturated carbocycles. The summed E-state index contributed by atoms with van der Waals surface area (Å²) in [6.45, 7) is 2.37. The minimum absolute atomic E-state index is 0.169. The van der Waals surface area contributed by atoms with Gasteiger partial charge in [-0.05, 0) is 13.0 Å². The van der Waals surface area contributed by atoms with Gasteiger partial charge in [0.15, 0.2) is 5.69 Å². The van der Waals surface area contributed by atoms with Gasteiger partial charge in [-0.3, -0.25) is 4.79 Å². The summed E-state index contributed by atoms with van der Waals surface area (Å²) in [5.41, 5.74) is 1.36. The van der Waals surface area contributed by atoms with Crippen molar-refractivity contribution in [3.8, 4) is 0 Å². The lowest BCUT2D eigenvalue weighted by atomic mass is 10.1. The zero-order chi connectivity index (χ0) is 10.8. The minimum atomic E-state index is -0.481. The molecule has 0 bridgehead atoms. The van der Waals surface area contributed by atoms with Gasteiger partial charge in [-0.2, -0.15) is 0 Å². The molecule has 1 aliphatic heterocycles. The van der Waals surface area contributed by atoms with Crippen LogP contribution in [-0.2, 0) is 11.3 Å². The van der Waals surface area contributed by atoms with Crippen LogP contribution in [0.15, 0.2) is 12.3 Å². The van der Waals surface area contributed by atoms with Gasteiger partial charge in [0.2, 0.25) is 0 Å². The van der Waals surface area contributed by atoms with E-state index in [0.29, 0.717) is 24.3 Å². The second kappa shape index (κ2) is 3.68. The monoisotopic (exact) mass is 206 g/mol. The zero-order valence-corrected chi connectivity index (χ0v) is 8.24. The molecular formula is C10H10N2O3. The van der Waals surface area contributed by atoms with Crippen LogP contribution in [0.3, 0.4) is 0 Å². The lowest BCUT2D eigenvalue weighted by Crippen LogP contribution is -2.12. The summed E-state index contributed by atoms with van der Waals surface area (Å²) in [5.74, 6) is -0.649. The van der Waals surface area contributed by atoms with Crippen LogP contribution in [0.5, 0.6) is 0 Å². The number of amides is 1. The number of esters is 1. The Kier molecular flexibility index (Phi) is 2.37. The number of nitrogens with zero attached hydrogens (tertiary/aromatic N) is 1. The molecule has 15 heavy (non-hydrogen) atoms. The molecule has 2 heterocycles. The van der Waals surface area contributed by atoms with Crippen molar-refractivity contribution in [1.29, 1.82) is 0 Å². The first-order valence-corrected chi connectivity index (χ1v) is 4.67. The van der Waals surface area contributed by atoms with Crippen LogP contribution in [0.4, 0.5) is 0 Å². The van der Waals surface area contributed by atoms with Gasteiger partial charge in [0, 0.05) is 23.9 Å². The Labute approximate surface area is 86.5 Å². The Morgan fingerprint density at radius 2 is 2.47 bits per heavy atom. The average Bonchev–Trinajstić information content (AvgIpc) is 2.61. The number of rotatable bonds is 2.